The lowest BCUT2D eigenvalue weighted by molar-refractivity contribution is -0.133. The van der Waals surface area contributed by atoms with E-state index in [0.29, 0.717) is 12.0 Å². The van der Waals surface area contributed by atoms with Crippen LogP contribution in [0.4, 0.5) is 0 Å². The first-order valence-electron chi connectivity index (χ1n) is 5.94. The SMILES string of the molecule is O=C(O)C1=CCN(CCc2ccccc2)CC1. The fourth-order valence-corrected chi connectivity index (χ4v) is 2.04. The average molecular weight is 231 g/mol. The topological polar surface area (TPSA) is 40.5 Å². The molecule has 0 saturated carbocycles. The van der Waals surface area contributed by atoms with Crippen LogP contribution in [0.15, 0.2) is 42.0 Å². The third-order valence-corrected chi connectivity index (χ3v) is 3.13. The highest BCUT2D eigenvalue weighted by molar-refractivity contribution is 5.86. The number of benzene rings is 1. The normalized spacial score (nSPS) is 16.6. The average Bonchev–Trinajstić information content (AvgIpc) is 2.38. The lowest BCUT2D eigenvalue weighted by atomic mass is 10.1. The molecule has 1 aliphatic rings. The van der Waals surface area contributed by atoms with Gasteiger partial charge in [0.05, 0.1) is 0 Å². The van der Waals surface area contributed by atoms with Crippen molar-refractivity contribution in [2.24, 2.45) is 0 Å². The first kappa shape index (κ1) is 11.9. The van der Waals surface area contributed by atoms with E-state index in [9.17, 15) is 4.79 Å². The zero-order valence-corrected chi connectivity index (χ0v) is 9.80. The van der Waals surface area contributed by atoms with Gasteiger partial charge in [0, 0.05) is 25.2 Å². The summed E-state index contributed by atoms with van der Waals surface area (Å²) in [7, 11) is 0. The van der Waals surface area contributed by atoms with E-state index in [1.165, 1.54) is 5.56 Å². The number of hydrogen-bond donors (Lipinski definition) is 1. The number of carboxylic acids is 1. The predicted molar refractivity (Wildman–Crippen MR) is 66.9 cm³/mol. The van der Waals surface area contributed by atoms with Crippen molar-refractivity contribution in [3.63, 3.8) is 0 Å². The standard InChI is InChI=1S/C14H17NO2/c16-14(17)13-7-10-15(11-8-13)9-6-12-4-2-1-3-5-12/h1-5,7H,6,8-11H2,(H,16,17). The van der Waals surface area contributed by atoms with Crippen molar-refractivity contribution in [1.82, 2.24) is 4.90 Å². The largest absolute Gasteiger partial charge is 0.478 e. The maximum atomic E-state index is 10.8. The number of hydrogen-bond acceptors (Lipinski definition) is 2. The van der Waals surface area contributed by atoms with Gasteiger partial charge in [-0.25, -0.2) is 4.79 Å². The fraction of sp³-hybridized carbons (Fsp3) is 0.357. The van der Waals surface area contributed by atoms with Crippen LogP contribution in [0.3, 0.4) is 0 Å². The van der Waals surface area contributed by atoms with Crippen LogP contribution in [0.1, 0.15) is 12.0 Å². The molecular weight excluding hydrogens is 214 g/mol. The number of aliphatic carboxylic acids is 1. The van der Waals surface area contributed by atoms with Gasteiger partial charge in [-0.05, 0) is 18.4 Å². The third kappa shape index (κ3) is 3.43. The lowest BCUT2D eigenvalue weighted by Gasteiger charge is -2.24. The maximum absolute atomic E-state index is 10.8. The zero-order valence-electron chi connectivity index (χ0n) is 9.80. The summed E-state index contributed by atoms with van der Waals surface area (Å²) in [6.07, 6.45) is 3.51. The van der Waals surface area contributed by atoms with Crippen molar-refractivity contribution in [2.45, 2.75) is 12.8 Å². The van der Waals surface area contributed by atoms with Gasteiger partial charge >= 0.3 is 5.97 Å². The smallest absolute Gasteiger partial charge is 0.331 e. The van der Waals surface area contributed by atoms with Gasteiger partial charge < -0.3 is 5.11 Å². The Morgan fingerprint density at radius 3 is 2.65 bits per heavy atom. The molecule has 2 rings (SSSR count). The molecule has 0 spiro atoms. The summed E-state index contributed by atoms with van der Waals surface area (Å²) in [6.45, 7) is 2.60. The molecule has 0 amide bonds. The number of nitrogens with zero attached hydrogens (tertiary/aromatic N) is 1. The zero-order chi connectivity index (χ0) is 12.1. The van der Waals surface area contributed by atoms with Crippen molar-refractivity contribution in [1.29, 1.82) is 0 Å². The summed E-state index contributed by atoms with van der Waals surface area (Å²) < 4.78 is 0. The Morgan fingerprint density at radius 2 is 2.06 bits per heavy atom. The maximum Gasteiger partial charge on any atom is 0.331 e. The number of carbonyl (C=O) groups is 1. The number of rotatable bonds is 4. The molecule has 0 fully saturated rings. The quantitative estimate of drug-likeness (QED) is 0.861. The molecule has 90 valence electrons. The van der Waals surface area contributed by atoms with E-state index >= 15 is 0 Å². The van der Waals surface area contributed by atoms with Gasteiger partial charge in [0.25, 0.3) is 0 Å². The van der Waals surface area contributed by atoms with Crippen molar-refractivity contribution in [3.8, 4) is 0 Å². The van der Waals surface area contributed by atoms with Crippen molar-refractivity contribution in [3.05, 3.63) is 47.5 Å². The Balaban J connectivity index is 1.81. The molecule has 0 aliphatic carbocycles. The molecule has 3 nitrogen and oxygen atoms in total. The molecule has 1 aliphatic heterocycles. The van der Waals surface area contributed by atoms with Crippen LogP contribution in [0.5, 0.6) is 0 Å². The van der Waals surface area contributed by atoms with Gasteiger partial charge in [-0.3, -0.25) is 4.90 Å². The Kier molecular flexibility index (Phi) is 3.94. The summed E-state index contributed by atoms with van der Waals surface area (Å²) in [6, 6.07) is 10.4. The van der Waals surface area contributed by atoms with Crippen LogP contribution < -0.4 is 0 Å². The Bertz CT molecular complexity index is 411. The highest BCUT2D eigenvalue weighted by Gasteiger charge is 2.15. The van der Waals surface area contributed by atoms with Crippen LogP contribution in [0.25, 0.3) is 0 Å². The number of carboxylic acid groups (broad SMARTS) is 1. The molecule has 3 heteroatoms. The van der Waals surface area contributed by atoms with E-state index in [0.717, 1.165) is 26.1 Å². The van der Waals surface area contributed by atoms with Gasteiger partial charge in [0.15, 0.2) is 0 Å². The van der Waals surface area contributed by atoms with Gasteiger partial charge in [-0.1, -0.05) is 36.4 Å². The lowest BCUT2D eigenvalue weighted by Crippen LogP contribution is -2.31. The molecule has 0 aromatic heterocycles. The second kappa shape index (κ2) is 5.64. The Morgan fingerprint density at radius 1 is 1.29 bits per heavy atom. The van der Waals surface area contributed by atoms with E-state index in [2.05, 4.69) is 17.0 Å². The van der Waals surface area contributed by atoms with Crippen LogP contribution in [-0.2, 0) is 11.2 Å². The predicted octanol–water partition coefficient (Wildman–Crippen LogP) is 1.95. The second-order valence-corrected chi connectivity index (χ2v) is 4.32. The molecule has 1 heterocycles. The molecule has 0 atom stereocenters. The summed E-state index contributed by atoms with van der Waals surface area (Å²) >= 11 is 0. The van der Waals surface area contributed by atoms with E-state index < -0.39 is 5.97 Å². The van der Waals surface area contributed by atoms with Gasteiger partial charge in [0.1, 0.15) is 0 Å². The second-order valence-electron chi connectivity index (χ2n) is 4.32. The molecule has 0 bridgehead atoms. The minimum Gasteiger partial charge on any atom is -0.478 e. The molecule has 0 radical (unpaired) electrons. The first-order valence-corrected chi connectivity index (χ1v) is 5.94. The van der Waals surface area contributed by atoms with Crippen molar-refractivity contribution < 1.29 is 9.90 Å². The van der Waals surface area contributed by atoms with Gasteiger partial charge in [-0.2, -0.15) is 0 Å². The van der Waals surface area contributed by atoms with Gasteiger partial charge in [-0.15, -0.1) is 0 Å². The van der Waals surface area contributed by atoms with Crippen LogP contribution in [-0.4, -0.2) is 35.6 Å². The van der Waals surface area contributed by atoms with E-state index in [1.54, 1.807) is 0 Å². The monoisotopic (exact) mass is 231 g/mol. The minimum absolute atomic E-state index is 0.556. The Labute approximate surface area is 101 Å². The van der Waals surface area contributed by atoms with E-state index in [1.807, 2.05) is 24.3 Å². The molecule has 0 unspecified atom stereocenters. The Hall–Kier alpha value is -1.61. The first-order chi connectivity index (χ1) is 8.25. The van der Waals surface area contributed by atoms with Crippen molar-refractivity contribution in [2.75, 3.05) is 19.6 Å². The van der Waals surface area contributed by atoms with Crippen molar-refractivity contribution >= 4 is 5.97 Å². The summed E-state index contributed by atoms with van der Waals surface area (Å²) in [5.74, 6) is -0.771. The molecule has 1 aromatic carbocycles. The highest BCUT2D eigenvalue weighted by atomic mass is 16.4. The molecule has 1 aromatic rings. The minimum atomic E-state index is -0.771. The summed E-state index contributed by atoms with van der Waals surface area (Å²) in [4.78, 5) is 13.0. The summed E-state index contributed by atoms with van der Waals surface area (Å²) in [5, 5.41) is 8.85. The van der Waals surface area contributed by atoms with Crippen LogP contribution in [0.2, 0.25) is 0 Å². The van der Waals surface area contributed by atoms with Gasteiger partial charge in [0.2, 0.25) is 0 Å². The van der Waals surface area contributed by atoms with E-state index in [4.69, 9.17) is 5.11 Å². The fourth-order valence-electron chi connectivity index (χ4n) is 2.04. The molecular formula is C14H17NO2. The summed E-state index contributed by atoms with van der Waals surface area (Å²) in [5.41, 5.74) is 1.89. The van der Waals surface area contributed by atoms with Crippen LogP contribution >= 0.6 is 0 Å². The molecule has 0 saturated heterocycles. The highest BCUT2D eigenvalue weighted by Crippen LogP contribution is 2.11. The molecule has 1 N–H and O–H groups in total. The van der Waals surface area contributed by atoms with Crippen LogP contribution in [0, 0.1) is 0 Å². The van der Waals surface area contributed by atoms with E-state index in [-0.39, 0.29) is 0 Å². The third-order valence-electron chi connectivity index (χ3n) is 3.13. The molecule has 17 heavy (non-hydrogen) atoms.